The van der Waals surface area contributed by atoms with Crippen LogP contribution in [0.5, 0.6) is 5.75 Å². The fourth-order valence-electron chi connectivity index (χ4n) is 3.11. The van der Waals surface area contributed by atoms with E-state index in [0.717, 1.165) is 12.0 Å². The number of ether oxygens (including phenoxy) is 2. The van der Waals surface area contributed by atoms with Crippen LogP contribution in [0.1, 0.15) is 24.8 Å². The molecule has 0 aliphatic carbocycles. The van der Waals surface area contributed by atoms with Gasteiger partial charge in [-0.25, -0.2) is 4.39 Å². The summed E-state index contributed by atoms with van der Waals surface area (Å²) in [5.74, 6) is -0.460. The second-order valence-electron chi connectivity index (χ2n) is 5.64. The van der Waals surface area contributed by atoms with Crippen molar-refractivity contribution >= 4 is 5.97 Å². The summed E-state index contributed by atoms with van der Waals surface area (Å²) in [5, 5.41) is 9.51. The standard InChI is InChI=1S/C15H17FO4/c16-11-2-3-13-10(6-11)7-12(20-13)8-15(14(17)18)4-1-5-19-9-15/h2-3,6,12H,1,4-5,7-9H2,(H,17,18). The molecule has 4 nitrogen and oxygen atoms in total. The maximum absolute atomic E-state index is 13.2. The lowest BCUT2D eigenvalue weighted by Gasteiger charge is -2.34. The molecule has 2 heterocycles. The van der Waals surface area contributed by atoms with E-state index in [1.54, 1.807) is 6.07 Å². The van der Waals surface area contributed by atoms with E-state index in [1.165, 1.54) is 12.1 Å². The van der Waals surface area contributed by atoms with Gasteiger partial charge in [-0.3, -0.25) is 4.79 Å². The average molecular weight is 280 g/mol. The van der Waals surface area contributed by atoms with Crippen molar-refractivity contribution in [2.24, 2.45) is 5.41 Å². The SMILES string of the molecule is O=C(O)C1(CC2Cc3cc(F)ccc3O2)CCCOC1. The number of benzene rings is 1. The lowest BCUT2D eigenvalue weighted by Crippen LogP contribution is -2.42. The molecule has 1 aromatic carbocycles. The van der Waals surface area contributed by atoms with Crippen LogP contribution in [-0.4, -0.2) is 30.4 Å². The Bertz CT molecular complexity index is 523. The second kappa shape index (κ2) is 5.05. The number of carboxylic acids is 1. The number of rotatable bonds is 3. The number of carbonyl (C=O) groups is 1. The third-order valence-corrected chi connectivity index (χ3v) is 4.16. The molecule has 1 N–H and O–H groups in total. The normalized spacial score (nSPS) is 28.8. The van der Waals surface area contributed by atoms with Gasteiger partial charge >= 0.3 is 5.97 Å². The minimum Gasteiger partial charge on any atom is -0.490 e. The molecule has 1 fully saturated rings. The molecule has 2 aliphatic rings. The summed E-state index contributed by atoms with van der Waals surface area (Å²) in [6.45, 7) is 0.846. The summed E-state index contributed by atoms with van der Waals surface area (Å²) in [4.78, 5) is 11.6. The molecular formula is C15H17FO4. The van der Waals surface area contributed by atoms with Crippen LogP contribution in [0.2, 0.25) is 0 Å². The first kappa shape index (κ1) is 13.4. The van der Waals surface area contributed by atoms with E-state index in [1.807, 2.05) is 0 Å². The minimum atomic E-state index is -0.872. The molecule has 0 saturated carbocycles. The van der Waals surface area contributed by atoms with Crippen LogP contribution < -0.4 is 4.74 Å². The number of hydrogen-bond donors (Lipinski definition) is 1. The summed E-state index contributed by atoms with van der Waals surface area (Å²) >= 11 is 0. The summed E-state index contributed by atoms with van der Waals surface area (Å²) < 4.78 is 24.3. The monoisotopic (exact) mass is 280 g/mol. The maximum atomic E-state index is 13.2. The summed E-state index contributed by atoms with van der Waals surface area (Å²) in [6.07, 6.45) is 2.10. The van der Waals surface area contributed by atoms with Crippen molar-refractivity contribution in [3.8, 4) is 5.75 Å². The fraction of sp³-hybridized carbons (Fsp3) is 0.533. The summed E-state index contributed by atoms with van der Waals surface area (Å²) in [6, 6.07) is 4.42. The van der Waals surface area contributed by atoms with Gasteiger partial charge in [0.1, 0.15) is 17.7 Å². The Kier molecular flexibility index (Phi) is 3.38. The summed E-state index contributed by atoms with van der Waals surface area (Å²) in [5.41, 5.74) is -0.0592. The number of aliphatic carboxylic acids is 1. The number of fused-ring (bicyclic) bond motifs is 1. The predicted molar refractivity (Wildman–Crippen MR) is 69.3 cm³/mol. The molecule has 0 aromatic heterocycles. The maximum Gasteiger partial charge on any atom is 0.312 e. The molecular weight excluding hydrogens is 263 g/mol. The van der Waals surface area contributed by atoms with Crippen LogP contribution in [0.15, 0.2) is 18.2 Å². The highest BCUT2D eigenvalue weighted by Gasteiger charge is 2.44. The van der Waals surface area contributed by atoms with E-state index in [4.69, 9.17) is 9.47 Å². The van der Waals surface area contributed by atoms with Crippen molar-refractivity contribution in [2.75, 3.05) is 13.2 Å². The van der Waals surface area contributed by atoms with Gasteiger partial charge in [0.25, 0.3) is 0 Å². The first-order valence-electron chi connectivity index (χ1n) is 6.85. The second-order valence-corrected chi connectivity index (χ2v) is 5.64. The third-order valence-electron chi connectivity index (χ3n) is 4.16. The van der Waals surface area contributed by atoms with E-state index in [9.17, 15) is 14.3 Å². The Morgan fingerprint density at radius 2 is 2.35 bits per heavy atom. The van der Waals surface area contributed by atoms with Gasteiger partial charge in [0.05, 0.1) is 12.0 Å². The van der Waals surface area contributed by atoms with E-state index >= 15 is 0 Å². The first-order valence-corrected chi connectivity index (χ1v) is 6.85. The number of carboxylic acid groups (broad SMARTS) is 1. The predicted octanol–water partition coefficient (Wildman–Crippen LogP) is 2.40. The van der Waals surface area contributed by atoms with Crippen molar-refractivity contribution in [2.45, 2.75) is 31.8 Å². The lowest BCUT2D eigenvalue weighted by atomic mass is 9.77. The van der Waals surface area contributed by atoms with Crippen LogP contribution >= 0.6 is 0 Å². The Labute approximate surface area is 116 Å². The molecule has 0 radical (unpaired) electrons. The molecule has 5 heteroatoms. The van der Waals surface area contributed by atoms with Crippen molar-refractivity contribution in [1.29, 1.82) is 0 Å². The van der Waals surface area contributed by atoms with Crippen molar-refractivity contribution in [3.05, 3.63) is 29.6 Å². The van der Waals surface area contributed by atoms with Crippen molar-refractivity contribution in [3.63, 3.8) is 0 Å². The Hall–Kier alpha value is -1.62. The van der Waals surface area contributed by atoms with Gasteiger partial charge in [-0.1, -0.05) is 0 Å². The van der Waals surface area contributed by atoms with E-state index in [2.05, 4.69) is 0 Å². The Morgan fingerprint density at radius 3 is 3.05 bits per heavy atom. The number of hydrogen-bond acceptors (Lipinski definition) is 3. The zero-order valence-electron chi connectivity index (χ0n) is 11.1. The van der Waals surface area contributed by atoms with Gasteiger partial charge in [-0.2, -0.15) is 0 Å². The molecule has 1 aromatic rings. The lowest BCUT2D eigenvalue weighted by molar-refractivity contribution is -0.160. The van der Waals surface area contributed by atoms with Gasteiger partial charge in [-0.05, 0) is 31.0 Å². The molecule has 1 saturated heterocycles. The third kappa shape index (κ3) is 2.38. The van der Waals surface area contributed by atoms with Gasteiger partial charge in [0.15, 0.2) is 0 Å². The molecule has 0 amide bonds. The molecule has 2 unspecified atom stereocenters. The average Bonchev–Trinajstić information content (AvgIpc) is 2.80. The van der Waals surface area contributed by atoms with Crippen LogP contribution in [-0.2, 0) is 16.0 Å². The molecule has 0 spiro atoms. The Balaban J connectivity index is 1.74. The van der Waals surface area contributed by atoms with E-state index < -0.39 is 11.4 Å². The highest BCUT2D eigenvalue weighted by molar-refractivity contribution is 5.75. The highest BCUT2D eigenvalue weighted by Crippen LogP contribution is 2.39. The molecule has 2 atom stereocenters. The van der Waals surface area contributed by atoms with Crippen LogP contribution in [0.25, 0.3) is 0 Å². The van der Waals surface area contributed by atoms with E-state index in [0.29, 0.717) is 31.6 Å². The first-order chi connectivity index (χ1) is 9.59. The quantitative estimate of drug-likeness (QED) is 0.923. The molecule has 3 rings (SSSR count). The van der Waals surface area contributed by atoms with Crippen LogP contribution in [0.3, 0.4) is 0 Å². The van der Waals surface area contributed by atoms with Gasteiger partial charge in [0, 0.05) is 25.0 Å². The van der Waals surface area contributed by atoms with Gasteiger partial charge in [-0.15, -0.1) is 0 Å². The topological polar surface area (TPSA) is 55.8 Å². The number of halogens is 1. The van der Waals surface area contributed by atoms with Crippen LogP contribution in [0, 0.1) is 11.2 Å². The molecule has 2 aliphatic heterocycles. The van der Waals surface area contributed by atoms with E-state index in [-0.39, 0.29) is 18.5 Å². The van der Waals surface area contributed by atoms with Gasteiger partial charge < -0.3 is 14.6 Å². The zero-order valence-corrected chi connectivity index (χ0v) is 11.1. The summed E-state index contributed by atoms with van der Waals surface area (Å²) in [7, 11) is 0. The zero-order chi connectivity index (χ0) is 14.2. The fourth-order valence-corrected chi connectivity index (χ4v) is 3.11. The van der Waals surface area contributed by atoms with Gasteiger partial charge in [0.2, 0.25) is 0 Å². The molecule has 20 heavy (non-hydrogen) atoms. The Morgan fingerprint density at radius 1 is 1.50 bits per heavy atom. The largest absolute Gasteiger partial charge is 0.490 e. The van der Waals surface area contributed by atoms with Crippen molar-refractivity contribution < 1.29 is 23.8 Å². The van der Waals surface area contributed by atoms with Crippen LogP contribution in [0.4, 0.5) is 4.39 Å². The van der Waals surface area contributed by atoms with Crippen molar-refractivity contribution in [1.82, 2.24) is 0 Å². The smallest absolute Gasteiger partial charge is 0.312 e. The highest BCUT2D eigenvalue weighted by atomic mass is 19.1. The molecule has 108 valence electrons. The molecule has 0 bridgehead atoms. The minimum absolute atomic E-state index is 0.218.